The zero-order valence-corrected chi connectivity index (χ0v) is 12.6. The zero-order chi connectivity index (χ0) is 15.5. The van der Waals surface area contributed by atoms with Crippen LogP contribution in [0.3, 0.4) is 0 Å². The van der Waals surface area contributed by atoms with Crippen LogP contribution < -0.4 is 10.6 Å². The van der Waals surface area contributed by atoms with Gasteiger partial charge in [-0.1, -0.05) is 0 Å². The van der Waals surface area contributed by atoms with E-state index in [1.165, 1.54) is 18.9 Å². The number of fused-ring (bicyclic) bond motifs is 1. The summed E-state index contributed by atoms with van der Waals surface area (Å²) in [7, 11) is 0. The first-order valence-corrected chi connectivity index (χ1v) is 7.66. The Morgan fingerprint density at radius 1 is 1.45 bits per heavy atom. The second-order valence-electron chi connectivity index (χ2n) is 5.78. The third kappa shape index (κ3) is 3.17. The van der Waals surface area contributed by atoms with Crippen molar-refractivity contribution in [2.24, 2.45) is 0 Å². The molecule has 0 spiro atoms. The number of aryl methyl sites for hydroxylation is 1. The first-order chi connectivity index (χ1) is 10.6. The molecule has 2 N–H and O–H groups in total. The number of hydrogen-bond donors (Lipinski definition) is 2. The van der Waals surface area contributed by atoms with Crippen molar-refractivity contribution >= 4 is 22.3 Å². The topological polar surface area (TPSA) is 80.1 Å². The van der Waals surface area contributed by atoms with E-state index in [2.05, 4.69) is 15.6 Å². The highest BCUT2D eigenvalue weighted by atomic mass is 16.6. The van der Waals surface area contributed by atoms with E-state index < -0.39 is 0 Å². The number of benzene rings is 1. The molecule has 1 fully saturated rings. The van der Waals surface area contributed by atoms with Gasteiger partial charge in [-0.2, -0.15) is 0 Å². The average molecular weight is 300 g/mol. The minimum Gasteiger partial charge on any atom is -0.384 e. The number of nitrogens with zero attached hydrogens (tertiary/aromatic N) is 2. The summed E-state index contributed by atoms with van der Waals surface area (Å²) in [5, 5.41) is 18.7. The SMILES string of the molecule is Cc1cc(NCC[C@H]2CCCN2)c2cc([N+](=O)[O-])ccc2n1. The molecule has 6 nitrogen and oxygen atoms in total. The quantitative estimate of drug-likeness (QED) is 0.655. The molecule has 6 heteroatoms. The lowest BCUT2D eigenvalue weighted by Crippen LogP contribution is -2.24. The number of nitro benzene ring substituents is 1. The molecule has 1 aromatic heterocycles. The van der Waals surface area contributed by atoms with E-state index in [0.29, 0.717) is 6.04 Å². The molecule has 22 heavy (non-hydrogen) atoms. The van der Waals surface area contributed by atoms with Gasteiger partial charge < -0.3 is 10.6 Å². The van der Waals surface area contributed by atoms with Crippen molar-refractivity contribution in [3.8, 4) is 0 Å². The fraction of sp³-hybridized carbons (Fsp3) is 0.438. The van der Waals surface area contributed by atoms with Crippen molar-refractivity contribution in [2.75, 3.05) is 18.4 Å². The summed E-state index contributed by atoms with van der Waals surface area (Å²) >= 11 is 0. The molecule has 3 rings (SSSR count). The molecule has 0 radical (unpaired) electrons. The summed E-state index contributed by atoms with van der Waals surface area (Å²) in [6, 6.07) is 7.34. The van der Waals surface area contributed by atoms with Crippen molar-refractivity contribution in [3.05, 3.63) is 40.1 Å². The highest BCUT2D eigenvalue weighted by molar-refractivity contribution is 5.93. The summed E-state index contributed by atoms with van der Waals surface area (Å²) in [6.45, 7) is 3.89. The summed E-state index contributed by atoms with van der Waals surface area (Å²) in [4.78, 5) is 15.0. The van der Waals surface area contributed by atoms with Gasteiger partial charge in [-0.05, 0) is 44.9 Å². The molecule has 1 aliphatic rings. The minimum absolute atomic E-state index is 0.0960. The van der Waals surface area contributed by atoms with Crippen LogP contribution in [0.15, 0.2) is 24.3 Å². The van der Waals surface area contributed by atoms with E-state index >= 15 is 0 Å². The van der Waals surface area contributed by atoms with Gasteiger partial charge in [0.1, 0.15) is 0 Å². The summed E-state index contributed by atoms with van der Waals surface area (Å²) in [6.07, 6.45) is 3.52. The molecule has 0 aliphatic carbocycles. The molecular formula is C16H20N4O2. The van der Waals surface area contributed by atoms with E-state index in [1.807, 2.05) is 13.0 Å². The molecule has 2 aromatic rings. The molecule has 1 aromatic carbocycles. The first kappa shape index (κ1) is 14.7. The standard InChI is InChI=1S/C16H20N4O2/c1-11-9-16(18-8-6-12-3-2-7-17-12)14-10-13(20(21)22)4-5-15(14)19-11/h4-5,9-10,12,17H,2-3,6-8H2,1H3,(H,18,19)/t12-/m1/s1. The molecule has 2 heterocycles. The molecule has 0 amide bonds. The van der Waals surface area contributed by atoms with Crippen LogP contribution in [0.4, 0.5) is 11.4 Å². The molecule has 1 saturated heterocycles. The van der Waals surface area contributed by atoms with Crippen LogP contribution in [0.1, 0.15) is 25.0 Å². The lowest BCUT2D eigenvalue weighted by Gasteiger charge is -2.13. The molecule has 0 bridgehead atoms. The Morgan fingerprint density at radius 3 is 3.05 bits per heavy atom. The van der Waals surface area contributed by atoms with Gasteiger partial charge in [0.25, 0.3) is 5.69 Å². The van der Waals surface area contributed by atoms with Crippen LogP contribution in [0.5, 0.6) is 0 Å². The second kappa shape index (κ2) is 6.27. The van der Waals surface area contributed by atoms with E-state index in [-0.39, 0.29) is 10.6 Å². The smallest absolute Gasteiger partial charge is 0.270 e. The summed E-state index contributed by atoms with van der Waals surface area (Å²) < 4.78 is 0. The Labute approximate surface area is 129 Å². The number of non-ortho nitro benzene ring substituents is 1. The summed E-state index contributed by atoms with van der Waals surface area (Å²) in [5.41, 5.74) is 2.71. The third-order valence-corrected chi connectivity index (χ3v) is 4.10. The van der Waals surface area contributed by atoms with Crippen molar-refractivity contribution < 1.29 is 4.92 Å². The maximum atomic E-state index is 11.0. The number of hydrogen-bond acceptors (Lipinski definition) is 5. The van der Waals surface area contributed by atoms with Gasteiger partial charge in [0.2, 0.25) is 0 Å². The molecule has 116 valence electrons. The van der Waals surface area contributed by atoms with Crippen LogP contribution in [-0.2, 0) is 0 Å². The Bertz CT molecular complexity index is 696. The van der Waals surface area contributed by atoms with Crippen LogP contribution in [0.25, 0.3) is 10.9 Å². The van der Waals surface area contributed by atoms with Gasteiger partial charge in [0.05, 0.1) is 10.4 Å². The van der Waals surface area contributed by atoms with Crippen LogP contribution in [0, 0.1) is 17.0 Å². The Morgan fingerprint density at radius 2 is 2.32 bits per heavy atom. The van der Waals surface area contributed by atoms with Crippen LogP contribution >= 0.6 is 0 Å². The van der Waals surface area contributed by atoms with Crippen LogP contribution in [0.2, 0.25) is 0 Å². The van der Waals surface area contributed by atoms with Crippen molar-refractivity contribution in [3.63, 3.8) is 0 Å². The average Bonchev–Trinajstić information content (AvgIpc) is 2.99. The maximum Gasteiger partial charge on any atom is 0.270 e. The largest absolute Gasteiger partial charge is 0.384 e. The predicted octanol–water partition coefficient (Wildman–Crippen LogP) is 3.01. The van der Waals surface area contributed by atoms with E-state index in [9.17, 15) is 10.1 Å². The van der Waals surface area contributed by atoms with Crippen molar-refractivity contribution in [1.29, 1.82) is 0 Å². The van der Waals surface area contributed by atoms with Gasteiger partial charge in [0.15, 0.2) is 0 Å². The van der Waals surface area contributed by atoms with Gasteiger partial charge in [-0.25, -0.2) is 0 Å². The number of nitrogens with one attached hydrogen (secondary N) is 2. The monoisotopic (exact) mass is 300 g/mol. The second-order valence-corrected chi connectivity index (χ2v) is 5.78. The van der Waals surface area contributed by atoms with Gasteiger partial charge in [-0.15, -0.1) is 0 Å². The number of pyridine rings is 1. The fourth-order valence-corrected chi connectivity index (χ4v) is 2.99. The molecule has 0 saturated carbocycles. The number of anilines is 1. The van der Waals surface area contributed by atoms with Crippen molar-refractivity contribution in [1.82, 2.24) is 10.3 Å². The maximum absolute atomic E-state index is 11.0. The molecule has 1 aliphatic heterocycles. The van der Waals surface area contributed by atoms with E-state index in [0.717, 1.165) is 41.8 Å². The highest BCUT2D eigenvalue weighted by Crippen LogP contribution is 2.27. The van der Waals surface area contributed by atoms with Gasteiger partial charge >= 0.3 is 0 Å². The lowest BCUT2D eigenvalue weighted by atomic mass is 10.1. The van der Waals surface area contributed by atoms with Gasteiger partial charge in [-0.3, -0.25) is 15.1 Å². The molecule has 1 atom stereocenters. The van der Waals surface area contributed by atoms with Gasteiger partial charge in [0, 0.05) is 41.5 Å². The lowest BCUT2D eigenvalue weighted by molar-refractivity contribution is -0.384. The van der Waals surface area contributed by atoms with E-state index in [4.69, 9.17) is 0 Å². The number of nitro groups is 1. The Hall–Kier alpha value is -2.21. The fourth-order valence-electron chi connectivity index (χ4n) is 2.99. The highest BCUT2D eigenvalue weighted by Gasteiger charge is 2.14. The first-order valence-electron chi connectivity index (χ1n) is 7.66. The predicted molar refractivity (Wildman–Crippen MR) is 87.3 cm³/mol. The molecular weight excluding hydrogens is 280 g/mol. The molecule has 0 unspecified atom stereocenters. The van der Waals surface area contributed by atoms with Crippen LogP contribution in [-0.4, -0.2) is 29.0 Å². The number of aromatic nitrogens is 1. The Balaban J connectivity index is 1.82. The summed E-state index contributed by atoms with van der Waals surface area (Å²) in [5.74, 6) is 0. The normalized spacial score (nSPS) is 17.8. The zero-order valence-electron chi connectivity index (χ0n) is 12.6. The Kier molecular flexibility index (Phi) is 4.20. The third-order valence-electron chi connectivity index (χ3n) is 4.10. The van der Waals surface area contributed by atoms with E-state index in [1.54, 1.807) is 12.1 Å². The number of rotatable bonds is 5. The van der Waals surface area contributed by atoms with Crippen molar-refractivity contribution in [2.45, 2.75) is 32.2 Å². The minimum atomic E-state index is -0.370.